The molecule has 0 aliphatic rings. The van der Waals surface area contributed by atoms with Gasteiger partial charge in [-0.25, -0.2) is 13.6 Å². The molecule has 0 radical (unpaired) electrons. The molecule has 0 aromatic heterocycles. The van der Waals surface area contributed by atoms with E-state index in [9.17, 15) is 13.6 Å². The van der Waals surface area contributed by atoms with Crippen molar-refractivity contribution in [3.63, 3.8) is 0 Å². The van der Waals surface area contributed by atoms with E-state index in [0.717, 1.165) is 18.2 Å². The first-order valence-corrected chi connectivity index (χ1v) is 3.56. The summed E-state index contributed by atoms with van der Waals surface area (Å²) in [5, 5.41) is 4.50. The standard InChI is InChI=1S/C8H8F2N2O/c1-11-8(13)12-7-3-5(9)2-6(10)4-7/h2-4H,1H3,(H2,11,12,13). The summed E-state index contributed by atoms with van der Waals surface area (Å²) in [6.45, 7) is 0. The van der Waals surface area contributed by atoms with Gasteiger partial charge >= 0.3 is 6.03 Å². The summed E-state index contributed by atoms with van der Waals surface area (Å²) in [4.78, 5) is 10.7. The fraction of sp³-hybridized carbons (Fsp3) is 0.125. The Morgan fingerprint density at radius 1 is 1.23 bits per heavy atom. The fourth-order valence-electron chi connectivity index (χ4n) is 0.820. The fourth-order valence-corrected chi connectivity index (χ4v) is 0.820. The summed E-state index contributed by atoms with van der Waals surface area (Å²) in [5.41, 5.74) is 0.0804. The number of anilines is 1. The highest BCUT2D eigenvalue weighted by Gasteiger charge is 2.02. The lowest BCUT2D eigenvalue weighted by molar-refractivity contribution is 0.254. The minimum atomic E-state index is -0.730. The van der Waals surface area contributed by atoms with Gasteiger partial charge in [-0.3, -0.25) is 0 Å². The largest absolute Gasteiger partial charge is 0.341 e. The Hall–Kier alpha value is -1.65. The number of rotatable bonds is 1. The van der Waals surface area contributed by atoms with E-state index in [0.29, 0.717) is 0 Å². The lowest BCUT2D eigenvalue weighted by Crippen LogP contribution is -2.24. The number of urea groups is 1. The van der Waals surface area contributed by atoms with Crippen molar-refractivity contribution in [1.29, 1.82) is 0 Å². The van der Waals surface area contributed by atoms with Gasteiger partial charge in [-0.1, -0.05) is 0 Å². The maximum atomic E-state index is 12.6. The third-order valence-corrected chi connectivity index (χ3v) is 1.35. The van der Waals surface area contributed by atoms with Gasteiger partial charge in [-0.2, -0.15) is 0 Å². The van der Waals surface area contributed by atoms with Crippen LogP contribution in [0.25, 0.3) is 0 Å². The molecule has 0 aliphatic carbocycles. The average molecular weight is 186 g/mol. The van der Waals surface area contributed by atoms with Gasteiger partial charge in [0.15, 0.2) is 0 Å². The molecule has 0 fully saturated rings. The maximum absolute atomic E-state index is 12.6. The molecule has 0 atom stereocenters. The molecule has 5 heteroatoms. The molecule has 1 rings (SSSR count). The van der Waals surface area contributed by atoms with Gasteiger partial charge in [-0.15, -0.1) is 0 Å². The Morgan fingerprint density at radius 3 is 2.23 bits per heavy atom. The van der Waals surface area contributed by atoms with Crippen molar-refractivity contribution >= 4 is 11.7 Å². The highest BCUT2D eigenvalue weighted by atomic mass is 19.1. The maximum Gasteiger partial charge on any atom is 0.318 e. The second kappa shape index (κ2) is 3.84. The van der Waals surface area contributed by atoms with Crippen LogP contribution in [0.4, 0.5) is 19.3 Å². The van der Waals surface area contributed by atoms with Crippen molar-refractivity contribution < 1.29 is 13.6 Å². The van der Waals surface area contributed by atoms with Crippen molar-refractivity contribution in [3.8, 4) is 0 Å². The minimum Gasteiger partial charge on any atom is -0.341 e. The molecule has 0 bridgehead atoms. The number of carbonyl (C=O) groups excluding carboxylic acids is 1. The highest BCUT2D eigenvalue weighted by Crippen LogP contribution is 2.12. The van der Waals surface area contributed by atoms with E-state index in [-0.39, 0.29) is 5.69 Å². The average Bonchev–Trinajstić information content (AvgIpc) is 2.02. The number of halogens is 2. The molecule has 0 heterocycles. The number of nitrogens with one attached hydrogen (secondary N) is 2. The zero-order valence-electron chi connectivity index (χ0n) is 6.90. The molecule has 13 heavy (non-hydrogen) atoms. The van der Waals surface area contributed by atoms with E-state index in [4.69, 9.17) is 0 Å². The molecule has 0 aliphatic heterocycles. The first-order valence-electron chi connectivity index (χ1n) is 3.56. The van der Waals surface area contributed by atoms with Crippen LogP contribution in [0.3, 0.4) is 0 Å². The molecular formula is C8H8F2N2O. The third-order valence-electron chi connectivity index (χ3n) is 1.35. The van der Waals surface area contributed by atoms with Crippen LogP contribution in [0.15, 0.2) is 18.2 Å². The topological polar surface area (TPSA) is 41.1 Å². The summed E-state index contributed by atoms with van der Waals surface area (Å²) in [7, 11) is 1.41. The van der Waals surface area contributed by atoms with Gasteiger partial charge in [0.2, 0.25) is 0 Å². The molecule has 2 amide bonds. The Kier molecular flexibility index (Phi) is 2.79. The third kappa shape index (κ3) is 2.70. The van der Waals surface area contributed by atoms with Crippen molar-refractivity contribution in [3.05, 3.63) is 29.8 Å². The lowest BCUT2D eigenvalue weighted by Gasteiger charge is -2.03. The van der Waals surface area contributed by atoms with Crippen LogP contribution in [-0.2, 0) is 0 Å². The molecule has 2 N–H and O–H groups in total. The van der Waals surface area contributed by atoms with Crippen molar-refractivity contribution in [1.82, 2.24) is 5.32 Å². The van der Waals surface area contributed by atoms with Crippen molar-refractivity contribution in [2.75, 3.05) is 12.4 Å². The van der Waals surface area contributed by atoms with Crippen LogP contribution < -0.4 is 10.6 Å². The number of benzene rings is 1. The van der Waals surface area contributed by atoms with E-state index < -0.39 is 17.7 Å². The van der Waals surface area contributed by atoms with E-state index in [1.165, 1.54) is 7.05 Å². The number of hydrogen-bond donors (Lipinski definition) is 2. The molecular weight excluding hydrogens is 178 g/mol. The van der Waals surface area contributed by atoms with Gasteiger partial charge < -0.3 is 10.6 Å². The number of carbonyl (C=O) groups is 1. The summed E-state index contributed by atoms with van der Waals surface area (Å²) in [6.07, 6.45) is 0. The molecule has 70 valence electrons. The summed E-state index contributed by atoms with van der Waals surface area (Å²) >= 11 is 0. The van der Waals surface area contributed by atoms with E-state index in [1.54, 1.807) is 0 Å². The van der Waals surface area contributed by atoms with Crippen LogP contribution in [0.2, 0.25) is 0 Å². The van der Waals surface area contributed by atoms with E-state index >= 15 is 0 Å². The summed E-state index contributed by atoms with van der Waals surface area (Å²) in [6, 6.07) is 2.26. The van der Waals surface area contributed by atoms with E-state index in [2.05, 4.69) is 10.6 Å². The van der Waals surface area contributed by atoms with Gasteiger partial charge in [0.1, 0.15) is 11.6 Å². The molecule has 1 aromatic rings. The first kappa shape index (κ1) is 9.44. The SMILES string of the molecule is CNC(=O)Nc1cc(F)cc(F)c1. The summed E-state index contributed by atoms with van der Waals surface area (Å²) < 4.78 is 25.1. The van der Waals surface area contributed by atoms with Crippen LogP contribution in [0.5, 0.6) is 0 Å². The van der Waals surface area contributed by atoms with Gasteiger partial charge in [0.25, 0.3) is 0 Å². The zero-order valence-corrected chi connectivity index (χ0v) is 6.90. The van der Waals surface area contributed by atoms with Crippen LogP contribution in [-0.4, -0.2) is 13.1 Å². The van der Waals surface area contributed by atoms with Gasteiger partial charge in [0.05, 0.1) is 0 Å². The quantitative estimate of drug-likeness (QED) is 0.688. The zero-order chi connectivity index (χ0) is 9.84. The molecule has 3 nitrogen and oxygen atoms in total. The second-order valence-electron chi connectivity index (χ2n) is 2.36. The van der Waals surface area contributed by atoms with Crippen LogP contribution in [0.1, 0.15) is 0 Å². The molecule has 0 unspecified atom stereocenters. The first-order chi connectivity index (χ1) is 6.11. The number of amides is 2. The van der Waals surface area contributed by atoms with Crippen LogP contribution >= 0.6 is 0 Å². The van der Waals surface area contributed by atoms with Gasteiger partial charge in [0, 0.05) is 18.8 Å². The summed E-state index contributed by atoms with van der Waals surface area (Å²) in [5.74, 6) is -1.46. The predicted molar refractivity (Wildman–Crippen MR) is 44.4 cm³/mol. The second-order valence-corrected chi connectivity index (χ2v) is 2.36. The molecule has 0 saturated carbocycles. The number of hydrogen-bond acceptors (Lipinski definition) is 1. The Morgan fingerprint density at radius 2 is 1.77 bits per heavy atom. The highest BCUT2D eigenvalue weighted by molar-refractivity contribution is 5.88. The van der Waals surface area contributed by atoms with E-state index in [1.807, 2.05) is 0 Å². The smallest absolute Gasteiger partial charge is 0.318 e. The lowest BCUT2D eigenvalue weighted by atomic mass is 10.3. The normalized spacial score (nSPS) is 9.46. The minimum absolute atomic E-state index is 0.0804. The molecule has 1 aromatic carbocycles. The van der Waals surface area contributed by atoms with Crippen molar-refractivity contribution in [2.24, 2.45) is 0 Å². The van der Waals surface area contributed by atoms with Crippen molar-refractivity contribution in [2.45, 2.75) is 0 Å². The monoisotopic (exact) mass is 186 g/mol. The Labute approximate surface area is 73.8 Å². The molecule has 0 spiro atoms. The Balaban J connectivity index is 2.83. The van der Waals surface area contributed by atoms with Gasteiger partial charge in [-0.05, 0) is 12.1 Å². The molecule has 0 saturated heterocycles. The predicted octanol–water partition coefficient (Wildman–Crippen LogP) is 1.72. The van der Waals surface area contributed by atoms with Crippen LogP contribution in [0, 0.1) is 11.6 Å². The Bertz CT molecular complexity index is 308.